The largest absolute Gasteiger partial charge is 0.285 e. The van der Waals surface area contributed by atoms with Crippen LogP contribution in [0.15, 0.2) is 0 Å². The van der Waals surface area contributed by atoms with Gasteiger partial charge in [0.2, 0.25) is 0 Å². The van der Waals surface area contributed by atoms with Crippen LogP contribution in [0.5, 0.6) is 0 Å². The first-order valence-electron chi connectivity index (χ1n) is 2.89. The summed E-state index contributed by atoms with van der Waals surface area (Å²) < 4.78 is 29.1. The summed E-state index contributed by atoms with van der Waals surface area (Å²) in [6.45, 7) is 0. The van der Waals surface area contributed by atoms with Gasteiger partial charge in [0.05, 0.1) is 11.3 Å². The summed E-state index contributed by atoms with van der Waals surface area (Å²) in [5, 5.41) is 7.47. The molecule has 0 amide bonds. The average Bonchev–Trinajstić information content (AvgIpc) is 2.44. The summed E-state index contributed by atoms with van der Waals surface area (Å²) in [6, 6.07) is 1.86. The molecule has 1 rings (SSSR count). The Morgan fingerprint density at radius 2 is 2.30 bits per heavy atom. The van der Waals surface area contributed by atoms with Crippen LogP contribution in [0.1, 0.15) is 12.8 Å². The molecule has 0 bridgehead atoms. The molecule has 0 heterocycles. The number of hydrogen-bond acceptors (Lipinski definition) is 3. The number of nitrogens with zero attached hydrogens (tertiary/aromatic N) is 1. The van der Waals surface area contributed by atoms with Crippen LogP contribution in [0.2, 0.25) is 0 Å². The molecule has 0 saturated heterocycles. The quantitative estimate of drug-likeness (QED) is 0.586. The molecule has 56 valence electrons. The van der Waals surface area contributed by atoms with Gasteiger partial charge < -0.3 is 0 Å². The first-order valence-corrected chi connectivity index (χ1v) is 4.39. The number of nitriles is 1. The lowest BCUT2D eigenvalue weighted by Crippen LogP contribution is -2.06. The topological polar surface area (TPSA) is 78.2 Å². The number of hydrogen-bond donors (Lipinski definition) is 1. The van der Waals surface area contributed by atoms with E-state index in [0.29, 0.717) is 6.42 Å². The van der Waals surface area contributed by atoms with Crippen LogP contribution in [0, 0.1) is 17.2 Å². The highest BCUT2D eigenvalue weighted by Crippen LogP contribution is 2.38. The van der Waals surface area contributed by atoms with Crippen LogP contribution in [-0.4, -0.2) is 18.2 Å². The third-order valence-electron chi connectivity index (χ3n) is 1.59. The fourth-order valence-electron chi connectivity index (χ4n) is 0.917. The second-order valence-corrected chi connectivity index (χ2v) is 4.05. The maximum Gasteiger partial charge on any atom is 0.268 e. The fraction of sp³-hybridized carbons (Fsp3) is 0.800. The highest BCUT2D eigenvalue weighted by atomic mass is 32.2. The first kappa shape index (κ1) is 7.51. The average molecular weight is 161 g/mol. The van der Waals surface area contributed by atoms with Crippen molar-refractivity contribution >= 4 is 10.1 Å². The molecule has 1 aliphatic carbocycles. The van der Waals surface area contributed by atoms with Gasteiger partial charge in [-0.1, -0.05) is 0 Å². The van der Waals surface area contributed by atoms with Crippen LogP contribution >= 0.6 is 0 Å². The summed E-state index contributed by atoms with van der Waals surface area (Å²) in [5.41, 5.74) is 0. The van der Waals surface area contributed by atoms with Crippen molar-refractivity contribution in [3.05, 3.63) is 0 Å². The second-order valence-electron chi connectivity index (χ2n) is 2.41. The maximum atomic E-state index is 10.3. The van der Waals surface area contributed by atoms with Crippen LogP contribution < -0.4 is 0 Å². The zero-order valence-corrected chi connectivity index (χ0v) is 6.00. The van der Waals surface area contributed by atoms with Crippen LogP contribution in [0.3, 0.4) is 0 Å². The molecule has 1 saturated carbocycles. The standard InChI is InChI=1S/C5H7NO3S/c6-2-1-4-3-5(4)10(7,8)9/h4-5H,1,3H2,(H,7,8,9). The predicted molar refractivity (Wildman–Crippen MR) is 33.7 cm³/mol. The maximum absolute atomic E-state index is 10.3. The normalized spacial score (nSPS) is 31.2. The molecule has 2 atom stereocenters. The molecule has 0 aliphatic heterocycles. The second kappa shape index (κ2) is 2.22. The van der Waals surface area contributed by atoms with E-state index in [9.17, 15) is 8.42 Å². The monoisotopic (exact) mass is 161 g/mol. The molecule has 10 heavy (non-hydrogen) atoms. The summed E-state index contributed by atoms with van der Waals surface area (Å²) in [6.07, 6.45) is 0.664. The molecule has 0 aromatic rings. The zero-order valence-electron chi connectivity index (χ0n) is 5.19. The zero-order chi connectivity index (χ0) is 7.78. The van der Waals surface area contributed by atoms with Crippen molar-refractivity contribution in [2.75, 3.05) is 0 Å². The molecular weight excluding hydrogens is 154 g/mol. The third kappa shape index (κ3) is 1.46. The van der Waals surface area contributed by atoms with E-state index in [1.807, 2.05) is 6.07 Å². The minimum absolute atomic E-state index is 0.125. The Labute approximate surface area is 59.2 Å². The van der Waals surface area contributed by atoms with E-state index in [1.54, 1.807) is 0 Å². The van der Waals surface area contributed by atoms with Crippen molar-refractivity contribution in [3.8, 4) is 6.07 Å². The summed E-state index contributed by atoms with van der Waals surface area (Å²) in [5.74, 6) is -0.125. The van der Waals surface area contributed by atoms with Crippen molar-refractivity contribution < 1.29 is 13.0 Å². The minimum Gasteiger partial charge on any atom is -0.285 e. The van der Waals surface area contributed by atoms with E-state index in [2.05, 4.69) is 0 Å². The molecule has 1 fully saturated rings. The van der Waals surface area contributed by atoms with Crippen molar-refractivity contribution in [1.82, 2.24) is 0 Å². The highest BCUT2D eigenvalue weighted by molar-refractivity contribution is 7.86. The van der Waals surface area contributed by atoms with Gasteiger partial charge in [-0.2, -0.15) is 13.7 Å². The molecule has 2 unspecified atom stereocenters. The molecule has 0 spiro atoms. The Kier molecular flexibility index (Phi) is 1.67. The Morgan fingerprint density at radius 1 is 1.70 bits per heavy atom. The molecule has 5 heteroatoms. The first-order chi connectivity index (χ1) is 4.55. The van der Waals surface area contributed by atoms with Gasteiger partial charge in [0, 0.05) is 6.42 Å². The van der Waals surface area contributed by atoms with E-state index in [1.165, 1.54) is 0 Å². The molecule has 0 aromatic heterocycles. The van der Waals surface area contributed by atoms with Crippen LogP contribution in [0.4, 0.5) is 0 Å². The van der Waals surface area contributed by atoms with Gasteiger partial charge in [0.15, 0.2) is 0 Å². The molecule has 0 aromatic carbocycles. The Hall–Kier alpha value is -0.600. The van der Waals surface area contributed by atoms with Gasteiger partial charge in [-0.25, -0.2) is 0 Å². The Bertz CT molecular complexity index is 263. The van der Waals surface area contributed by atoms with Gasteiger partial charge in [0.1, 0.15) is 0 Å². The van der Waals surface area contributed by atoms with Crippen molar-refractivity contribution in [2.45, 2.75) is 18.1 Å². The fourth-order valence-corrected chi connectivity index (χ4v) is 1.99. The van der Waals surface area contributed by atoms with Crippen LogP contribution in [-0.2, 0) is 10.1 Å². The van der Waals surface area contributed by atoms with Crippen molar-refractivity contribution in [2.24, 2.45) is 5.92 Å². The van der Waals surface area contributed by atoms with Gasteiger partial charge in [0.25, 0.3) is 10.1 Å². The lowest BCUT2D eigenvalue weighted by atomic mass is 10.3. The van der Waals surface area contributed by atoms with Crippen LogP contribution in [0.25, 0.3) is 0 Å². The van der Waals surface area contributed by atoms with E-state index < -0.39 is 15.4 Å². The SMILES string of the molecule is N#CCC1CC1S(=O)(=O)O. The van der Waals surface area contributed by atoms with Gasteiger partial charge in [-0.3, -0.25) is 4.55 Å². The third-order valence-corrected chi connectivity index (χ3v) is 2.94. The lowest BCUT2D eigenvalue weighted by molar-refractivity contribution is 0.479. The summed E-state index contributed by atoms with van der Waals surface area (Å²) >= 11 is 0. The smallest absolute Gasteiger partial charge is 0.268 e. The molecule has 0 radical (unpaired) electrons. The van der Waals surface area contributed by atoms with Gasteiger partial charge in [-0.05, 0) is 12.3 Å². The molecule has 1 aliphatic rings. The molecule has 1 N–H and O–H groups in total. The Balaban J connectivity index is 2.49. The van der Waals surface area contributed by atoms with E-state index >= 15 is 0 Å². The Morgan fingerprint density at radius 3 is 2.60 bits per heavy atom. The number of rotatable bonds is 2. The van der Waals surface area contributed by atoms with Gasteiger partial charge >= 0.3 is 0 Å². The van der Waals surface area contributed by atoms with E-state index in [4.69, 9.17) is 9.81 Å². The molecular formula is C5H7NO3S. The van der Waals surface area contributed by atoms with Gasteiger partial charge in [-0.15, -0.1) is 0 Å². The summed E-state index contributed by atoms with van der Waals surface area (Å²) in [4.78, 5) is 0. The van der Waals surface area contributed by atoms with Crippen molar-refractivity contribution in [3.63, 3.8) is 0 Å². The van der Waals surface area contributed by atoms with Crippen molar-refractivity contribution in [1.29, 1.82) is 5.26 Å². The minimum atomic E-state index is -3.85. The van der Waals surface area contributed by atoms with E-state index in [0.717, 1.165) is 0 Å². The molecule has 4 nitrogen and oxygen atoms in total. The highest BCUT2D eigenvalue weighted by Gasteiger charge is 2.46. The summed E-state index contributed by atoms with van der Waals surface area (Å²) in [7, 11) is -3.85. The van der Waals surface area contributed by atoms with E-state index in [-0.39, 0.29) is 12.3 Å². The predicted octanol–water partition coefficient (Wildman–Crippen LogP) is 0.176. The lowest BCUT2D eigenvalue weighted by Gasteiger charge is -1.88.